The molecule has 0 aliphatic carbocycles. The molecule has 3 N–H and O–H groups in total. The van der Waals surface area contributed by atoms with E-state index in [4.69, 9.17) is 5.73 Å². The molecule has 0 radical (unpaired) electrons. The van der Waals surface area contributed by atoms with E-state index in [-0.39, 0.29) is 6.17 Å². The topological polar surface area (TPSA) is 64.1 Å². The van der Waals surface area contributed by atoms with Gasteiger partial charge in [0.25, 0.3) is 0 Å². The molecule has 1 aliphatic rings. The summed E-state index contributed by atoms with van der Waals surface area (Å²) in [7, 11) is 0. The first kappa shape index (κ1) is 11.3. The van der Waals surface area contributed by atoms with Crippen LogP contribution in [0.1, 0.15) is 36.1 Å². The van der Waals surface area contributed by atoms with Crippen molar-refractivity contribution in [1.82, 2.24) is 9.55 Å². The van der Waals surface area contributed by atoms with Crippen molar-refractivity contribution in [3.05, 3.63) is 47.5 Å². The van der Waals surface area contributed by atoms with Crippen LogP contribution >= 0.6 is 0 Å². The van der Waals surface area contributed by atoms with Gasteiger partial charge in [-0.25, -0.2) is 4.98 Å². The number of phenols is 1. The number of phenolic OH excluding ortho intramolecular Hbond substituents is 1. The Balaban J connectivity index is 1.88. The van der Waals surface area contributed by atoms with Crippen molar-refractivity contribution in [2.75, 3.05) is 0 Å². The van der Waals surface area contributed by atoms with E-state index in [1.807, 2.05) is 24.4 Å². The summed E-state index contributed by atoms with van der Waals surface area (Å²) in [5.41, 5.74) is 7.94. The average Bonchev–Trinajstić information content (AvgIpc) is 2.76. The zero-order valence-corrected chi connectivity index (χ0v) is 10.2. The van der Waals surface area contributed by atoms with Crippen molar-refractivity contribution in [2.24, 2.45) is 5.73 Å². The summed E-state index contributed by atoms with van der Waals surface area (Å²) in [6, 6.07) is 7.38. The molecular formula is C14H17N3O. The van der Waals surface area contributed by atoms with Crippen LogP contribution in [0.3, 0.4) is 0 Å². The van der Waals surface area contributed by atoms with E-state index >= 15 is 0 Å². The number of hydrogen-bond acceptors (Lipinski definition) is 3. The summed E-state index contributed by atoms with van der Waals surface area (Å²) in [4.78, 5) is 4.61. The van der Waals surface area contributed by atoms with E-state index in [2.05, 4.69) is 9.55 Å². The van der Waals surface area contributed by atoms with Crippen molar-refractivity contribution in [1.29, 1.82) is 0 Å². The Morgan fingerprint density at radius 2 is 2.22 bits per heavy atom. The van der Waals surface area contributed by atoms with E-state index in [0.29, 0.717) is 12.2 Å². The van der Waals surface area contributed by atoms with Crippen molar-refractivity contribution in [3.8, 4) is 5.75 Å². The summed E-state index contributed by atoms with van der Waals surface area (Å²) in [5, 5.41) is 9.77. The number of benzene rings is 1. The fraction of sp³-hybridized carbons (Fsp3) is 0.357. The maximum absolute atomic E-state index is 9.77. The van der Waals surface area contributed by atoms with E-state index < -0.39 is 0 Å². The van der Waals surface area contributed by atoms with Crippen LogP contribution in [-0.4, -0.2) is 14.7 Å². The predicted molar refractivity (Wildman–Crippen MR) is 69.3 cm³/mol. The Morgan fingerprint density at radius 3 is 3.00 bits per heavy atom. The Hall–Kier alpha value is -1.81. The second kappa shape index (κ2) is 4.46. The minimum absolute atomic E-state index is 0.0550. The van der Waals surface area contributed by atoms with Crippen LogP contribution in [-0.2, 0) is 12.8 Å². The van der Waals surface area contributed by atoms with Gasteiger partial charge in [-0.15, -0.1) is 0 Å². The van der Waals surface area contributed by atoms with Crippen molar-refractivity contribution >= 4 is 0 Å². The summed E-state index contributed by atoms with van der Waals surface area (Å²) in [5.74, 6) is 1.40. The zero-order valence-electron chi connectivity index (χ0n) is 10.2. The molecule has 1 aromatic carbocycles. The summed E-state index contributed by atoms with van der Waals surface area (Å²) >= 11 is 0. The number of aryl methyl sites for hydroxylation is 1. The molecule has 0 bridgehead atoms. The molecular weight excluding hydrogens is 226 g/mol. The largest absolute Gasteiger partial charge is 0.508 e. The first-order chi connectivity index (χ1) is 8.74. The lowest BCUT2D eigenvalue weighted by atomic mass is 10.1. The second-order valence-electron chi connectivity index (χ2n) is 4.82. The summed E-state index contributed by atoms with van der Waals surface area (Å²) < 4.78 is 2.07. The first-order valence-corrected chi connectivity index (χ1v) is 6.33. The molecule has 2 aromatic rings. The molecule has 0 saturated heterocycles. The Morgan fingerprint density at radius 1 is 1.39 bits per heavy atom. The number of fused-ring (bicyclic) bond motifs is 1. The molecule has 0 spiro atoms. The molecule has 4 heteroatoms. The molecule has 0 fully saturated rings. The first-order valence-electron chi connectivity index (χ1n) is 6.33. The number of aromatic nitrogens is 2. The van der Waals surface area contributed by atoms with Gasteiger partial charge in [0.05, 0.1) is 11.9 Å². The molecule has 18 heavy (non-hydrogen) atoms. The van der Waals surface area contributed by atoms with Gasteiger partial charge in [-0.05, 0) is 24.5 Å². The van der Waals surface area contributed by atoms with Gasteiger partial charge in [-0.3, -0.25) is 0 Å². The third kappa shape index (κ3) is 1.99. The monoisotopic (exact) mass is 243 g/mol. The van der Waals surface area contributed by atoms with E-state index in [0.717, 1.165) is 36.3 Å². The number of nitrogens with two attached hydrogens (primary N) is 1. The quantitative estimate of drug-likeness (QED) is 0.847. The highest BCUT2D eigenvalue weighted by atomic mass is 16.3. The number of imidazole rings is 1. The highest BCUT2D eigenvalue weighted by Crippen LogP contribution is 2.24. The highest BCUT2D eigenvalue weighted by molar-refractivity contribution is 5.34. The van der Waals surface area contributed by atoms with Crippen LogP contribution in [0.15, 0.2) is 30.5 Å². The highest BCUT2D eigenvalue weighted by Gasteiger charge is 2.18. The molecule has 94 valence electrons. The van der Waals surface area contributed by atoms with E-state index in [1.54, 1.807) is 6.07 Å². The lowest BCUT2D eigenvalue weighted by molar-refractivity contribution is 0.408. The Labute approximate surface area is 106 Å². The van der Waals surface area contributed by atoms with Gasteiger partial charge in [-0.2, -0.15) is 0 Å². The number of para-hydroxylation sites is 1. The molecule has 1 aliphatic heterocycles. The van der Waals surface area contributed by atoms with Gasteiger partial charge in [0.15, 0.2) is 0 Å². The van der Waals surface area contributed by atoms with Crippen LogP contribution < -0.4 is 5.73 Å². The zero-order chi connectivity index (χ0) is 12.5. The average molecular weight is 243 g/mol. The van der Waals surface area contributed by atoms with Crippen LogP contribution in [0.25, 0.3) is 0 Å². The maximum Gasteiger partial charge on any atom is 0.119 e. The van der Waals surface area contributed by atoms with Gasteiger partial charge in [0.1, 0.15) is 11.6 Å². The van der Waals surface area contributed by atoms with Crippen molar-refractivity contribution < 1.29 is 5.11 Å². The normalized spacial score (nSPS) is 18.6. The minimum atomic E-state index is 0.0550. The Kier molecular flexibility index (Phi) is 2.80. The van der Waals surface area contributed by atoms with Gasteiger partial charge < -0.3 is 15.4 Å². The number of hydrogen-bond donors (Lipinski definition) is 2. The molecule has 3 rings (SSSR count). The predicted octanol–water partition coefficient (Wildman–Crippen LogP) is 1.97. The second-order valence-corrected chi connectivity index (χ2v) is 4.82. The number of rotatable bonds is 2. The van der Waals surface area contributed by atoms with Gasteiger partial charge in [0.2, 0.25) is 0 Å². The lowest BCUT2D eigenvalue weighted by Crippen LogP contribution is -2.24. The molecule has 0 saturated carbocycles. The van der Waals surface area contributed by atoms with Crippen molar-refractivity contribution in [2.45, 2.75) is 31.8 Å². The van der Waals surface area contributed by atoms with Crippen LogP contribution in [0, 0.1) is 0 Å². The minimum Gasteiger partial charge on any atom is -0.508 e. The molecule has 1 aromatic heterocycles. The molecule has 0 amide bonds. The van der Waals surface area contributed by atoms with Crippen molar-refractivity contribution in [3.63, 3.8) is 0 Å². The maximum atomic E-state index is 9.77. The fourth-order valence-electron chi connectivity index (χ4n) is 2.51. The lowest BCUT2D eigenvalue weighted by Gasteiger charge is -2.20. The number of nitrogens with zero attached hydrogens (tertiary/aromatic N) is 2. The SMILES string of the molecule is NC1CCCc2nc(Cc3ccccc3O)cn21. The molecule has 1 unspecified atom stereocenters. The molecule has 4 nitrogen and oxygen atoms in total. The molecule has 2 heterocycles. The van der Waals surface area contributed by atoms with Crippen LogP contribution in [0.5, 0.6) is 5.75 Å². The number of aromatic hydroxyl groups is 1. The van der Waals surface area contributed by atoms with Crippen LogP contribution in [0.2, 0.25) is 0 Å². The standard InChI is InChI=1S/C14H17N3O/c15-13-6-3-7-14-16-11(9-17(13)14)8-10-4-1-2-5-12(10)18/h1-2,4-5,9,13,18H,3,6-8,15H2. The molecule has 1 atom stereocenters. The van der Waals surface area contributed by atoms with Crippen LogP contribution in [0.4, 0.5) is 0 Å². The third-order valence-electron chi connectivity index (χ3n) is 3.48. The van der Waals surface area contributed by atoms with Gasteiger partial charge in [0, 0.05) is 19.0 Å². The van der Waals surface area contributed by atoms with Gasteiger partial charge in [-0.1, -0.05) is 18.2 Å². The van der Waals surface area contributed by atoms with E-state index in [1.165, 1.54) is 0 Å². The van der Waals surface area contributed by atoms with Gasteiger partial charge >= 0.3 is 0 Å². The Bertz CT molecular complexity index is 562. The van der Waals surface area contributed by atoms with E-state index in [9.17, 15) is 5.11 Å². The smallest absolute Gasteiger partial charge is 0.119 e. The fourth-order valence-corrected chi connectivity index (χ4v) is 2.51. The summed E-state index contributed by atoms with van der Waals surface area (Å²) in [6.07, 6.45) is 5.84. The third-order valence-corrected chi connectivity index (χ3v) is 3.48. The summed E-state index contributed by atoms with van der Waals surface area (Å²) in [6.45, 7) is 0.